The monoisotopic (exact) mass is 268 g/mol. The second-order valence-electron chi connectivity index (χ2n) is 4.86. The zero-order valence-corrected chi connectivity index (χ0v) is 10.9. The van der Waals surface area contributed by atoms with Gasteiger partial charge in [-0.15, -0.1) is 0 Å². The molecule has 2 amide bonds. The van der Waals surface area contributed by atoms with E-state index in [2.05, 4.69) is 11.4 Å². The summed E-state index contributed by atoms with van der Waals surface area (Å²) < 4.78 is 5.10. The van der Waals surface area contributed by atoms with Gasteiger partial charge in [0, 0.05) is 13.1 Å². The lowest BCUT2D eigenvalue weighted by Crippen LogP contribution is -2.55. The van der Waals surface area contributed by atoms with Crippen molar-refractivity contribution in [3.63, 3.8) is 0 Å². The first-order valence-electron chi connectivity index (χ1n) is 6.71. The molecule has 1 aliphatic carbocycles. The highest BCUT2D eigenvalue weighted by molar-refractivity contribution is 5.83. The number of morpholine rings is 1. The number of carbonyl (C=O) groups is 2. The Morgan fingerprint density at radius 2 is 2.37 bits per heavy atom. The highest BCUT2D eigenvalue weighted by Crippen LogP contribution is 2.19. The van der Waals surface area contributed by atoms with E-state index in [0.717, 1.165) is 19.3 Å². The summed E-state index contributed by atoms with van der Waals surface area (Å²) in [7, 11) is 0. The molecule has 0 aromatic rings. The van der Waals surface area contributed by atoms with Crippen LogP contribution >= 0.6 is 0 Å². The number of ether oxygens (including phenoxy) is 1. The van der Waals surface area contributed by atoms with Crippen molar-refractivity contribution in [2.24, 2.45) is 0 Å². The Hall–Kier alpha value is -1.56. The SMILES string of the molecule is O=C(O)C1COCCN1C(=O)NCCC1=CCCC1. The van der Waals surface area contributed by atoms with Crippen LogP contribution in [0, 0.1) is 0 Å². The lowest BCUT2D eigenvalue weighted by atomic mass is 10.2. The molecule has 2 N–H and O–H groups in total. The van der Waals surface area contributed by atoms with Crippen LogP contribution in [0.15, 0.2) is 11.6 Å². The van der Waals surface area contributed by atoms with Crippen molar-refractivity contribution >= 4 is 12.0 Å². The maximum Gasteiger partial charge on any atom is 0.328 e. The van der Waals surface area contributed by atoms with Gasteiger partial charge in [0.2, 0.25) is 0 Å². The molecule has 0 aromatic heterocycles. The Balaban J connectivity index is 1.78. The standard InChI is InChI=1S/C13H20N2O4/c16-12(17)11-9-19-8-7-15(11)13(18)14-6-5-10-3-1-2-4-10/h3,11H,1-2,4-9H2,(H,14,18)(H,16,17). The number of nitrogens with one attached hydrogen (secondary N) is 1. The molecular formula is C13H20N2O4. The van der Waals surface area contributed by atoms with Gasteiger partial charge in [-0.1, -0.05) is 11.6 Å². The van der Waals surface area contributed by atoms with Gasteiger partial charge in [0.25, 0.3) is 0 Å². The van der Waals surface area contributed by atoms with Crippen molar-refractivity contribution in [3.05, 3.63) is 11.6 Å². The fourth-order valence-electron chi connectivity index (χ4n) is 2.45. The normalized spacial score (nSPS) is 23.1. The third kappa shape index (κ3) is 3.70. The van der Waals surface area contributed by atoms with Crippen LogP contribution in [0.25, 0.3) is 0 Å². The molecule has 1 fully saturated rings. The number of carboxylic acids is 1. The summed E-state index contributed by atoms with van der Waals surface area (Å²) in [5, 5.41) is 11.8. The molecule has 1 aliphatic heterocycles. The number of rotatable bonds is 4. The predicted octanol–water partition coefficient (Wildman–Crippen LogP) is 0.982. The molecule has 0 bridgehead atoms. The first-order chi connectivity index (χ1) is 9.18. The van der Waals surface area contributed by atoms with Crippen LogP contribution < -0.4 is 5.32 Å². The van der Waals surface area contributed by atoms with Gasteiger partial charge in [-0.25, -0.2) is 9.59 Å². The van der Waals surface area contributed by atoms with E-state index in [0.29, 0.717) is 19.7 Å². The predicted molar refractivity (Wildman–Crippen MR) is 68.9 cm³/mol. The second-order valence-corrected chi connectivity index (χ2v) is 4.86. The third-order valence-electron chi connectivity index (χ3n) is 3.53. The fraction of sp³-hybridized carbons (Fsp3) is 0.692. The van der Waals surface area contributed by atoms with E-state index in [1.807, 2.05) is 0 Å². The summed E-state index contributed by atoms with van der Waals surface area (Å²) in [4.78, 5) is 24.3. The number of allylic oxidation sites excluding steroid dienone is 1. The van der Waals surface area contributed by atoms with Crippen LogP contribution in [-0.2, 0) is 9.53 Å². The highest BCUT2D eigenvalue weighted by atomic mass is 16.5. The molecule has 2 aliphatic rings. The summed E-state index contributed by atoms with van der Waals surface area (Å²) in [5.74, 6) is -1.02. The largest absolute Gasteiger partial charge is 0.480 e. The Morgan fingerprint density at radius 3 is 3.05 bits per heavy atom. The Kier molecular flexibility index (Phi) is 4.79. The van der Waals surface area contributed by atoms with Crippen LogP contribution in [0.4, 0.5) is 4.79 Å². The van der Waals surface area contributed by atoms with E-state index in [-0.39, 0.29) is 12.6 Å². The average Bonchev–Trinajstić information content (AvgIpc) is 2.91. The number of amides is 2. The highest BCUT2D eigenvalue weighted by Gasteiger charge is 2.32. The van der Waals surface area contributed by atoms with Crippen molar-refractivity contribution in [1.82, 2.24) is 10.2 Å². The first-order valence-corrected chi connectivity index (χ1v) is 6.71. The molecule has 1 atom stereocenters. The number of nitrogens with zero attached hydrogens (tertiary/aromatic N) is 1. The van der Waals surface area contributed by atoms with Gasteiger partial charge in [0.1, 0.15) is 0 Å². The minimum absolute atomic E-state index is 0.0634. The van der Waals surface area contributed by atoms with Crippen LogP contribution in [0.3, 0.4) is 0 Å². The molecule has 0 radical (unpaired) electrons. The van der Waals surface area contributed by atoms with Gasteiger partial charge >= 0.3 is 12.0 Å². The molecule has 2 rings (SSSR count). The number of hydrogen-bond donors (Lipinski definition) is 2. The fourth-order valence-corrected chi connectivity index (χ4v) is 2.45. The zero-order valence-electron chi connectivity index (χ0n) is 10.9. The van der Waals surface area contributed by atoms with E-state index in [9.17, 15) is 9.59 Å². The first kappa shape index (κ1) is 13.9. The molecule has 6 heteroatoms. The van der Waals surface area contributed by atoms with E-state index >= 15 is 0 Å². The van der Waals surface area contributed by atoms with Crippen LogP contribution in [0.2, 0.25) is 0 Å². The molecule has 6 nitrogen and oxygen atoms in total. The van der Waals surface area contributed by atoms with Crippen LogP contribution in [-0.4, -0.2) is 54.4 Å². The maximum absolute atomic E-state index is 12.0. The van der Waals surface area contributed by atoms with E-state index in [4.69, 9.17) is 9.84 Å². The van der Waals surface area contributed by atoms with Gasteiger partial charge < -0.3 is 20.1 Å². The van der Waals surface area contributed by atoms with E-state index in [1.54, 1.807) is 0 Å². The van der Waals surface area contributed by atoms with Gasteiger partial charge in [0.05, 0.1) is 13.2 Å². The van der Waals surface area contributed by atoms with Gasteiger partial charge in [-0.2, -0.15) is 0 Å². The van der Waals surface area contributed by atoms with Crippen LogP contribution in [0.1, 0.15) is 25.7 Å². The number of aliphatic carboxylic acids is 1. The van der Waals surface area contributed by atoms with Gasteiger partial charge in [-0.3, -0.25) is 0 Å². The second kappa shape index (κ2) is 6.56. The summed E-state index contributed by atoms with van der Waals surface area (Å²) in [6.45, 7) is 1.34. The number of hydrogen-bond acceptors (Lipinski definition) is 3. The summed E-state index contributed by atoms with van der Waals surface area (Å²) in [5.41, 5.74) is 1.39. The molecule has 0 saturated carbocycles. The lowest BCUT2D eigenvalue weighted by molar-refractivity contribution is -0.147. The van der Waals surface area contributed by atoms with Crippen molar-refractivity contribution in [2.45, 2.75) is 31.7 Å². The quantitative estimate of drug-likeness (QED) is 0.745. The van der Waals surface area contributed by atoms with E-state index < -0.39 is 12.0 Å². The van der Waals surface area contributed by atoms with E-state index in [1.165, 1.54) is 16.9 Å². The molecule has 1 saturated heterocycles. The molecule has 0 spiro atoms. The number of urea groups is 1. The zero-order chi connectivity index (χ0) is 13.7. The minimum atomic E-state index is -1.02. The molecule has 1 heterocycles. The minimum Gasteiger partial charge on any atom is -0.480 e. The Bertz CT molecular complexity index is 381. The summed E-state index contributed by atoms with van der Waals surface area (Å²) in [6.07, 6.45) is 6.53. The average molecular weight is 268 g/mol. The lowest BCUT2D eigenvalue weighted by Gasteiger charge is -2.32. The number of carbonyl (C=O) groups excluding carboxylic acids is 1. The summed E-state index contributed by atoms with van der Waals surface area (Å²) in [6, 6.07) is -1.19. The topological polar surface area (TPSA) is 78.9 Å². The van der Waals surface area contributed by atoms with Crippen LogP contribution in [0.5, 0.6) is 0 Å². The Morgan fingerprint density at radius 1 is 1.53 bits per heavy atom. The molecule has 106 valence electrons. The molecular weight excluding hydrogens is 248 g/mol. The van der Waals surface area contributed by atoms with Gasteiger partial charge in [-0.05, 0) is 25.7 Å². The number of carboxylic acid groups (broad SMARTS) is 1. The van der Waals surface area contributed by atoms with Crippen molar-refractivity contribution in [3.8, 4) is 0 Å². The van der Waals surface area contributed by atoms with Crippen molar-refractivity contribution < 1.29 is 19.4 Å². The third-order valence-corrected chi connectivity index (χ3v) is 3.53. The smallest absolute Gasteiger partial charge is 0.328 e. The van der Waals surface area contributed by atoms with Crippen molar-refractivity contribution in [2.75, 3.05) is 26.3 Å². The molecule has 0 aromatic carbocycles. The molecule has 19 heavy (non-hydrogen) atoms. The maximum atomic E-state index is 12.0. The molecule has 1 unspecified atom stereocenters. The Labute approximate surface area is 112 Å². The van der Waals surface area contributed by atoms with Gasteiger partial charge in [0.15, 0.2) is 6.04 Å². The summed E-state index contributed by atoms with van der Waals surface area (Å²) >= 11 is 0. The van der Waals surface area contributed by atoms with Crippen molar-refractivity contribution in [1.29, 1.82) is 0 Å².